The second-order valence-corrected chi connectivity index (χ2v) is 38.7. The first kappa shape index (κ1) is 39.7. The van der Waals surface area contributed by atoms with E-state index >= 15 is 0 Å². The monoisotopic (exact) mass is 918 g/mol. The van der Waals surface area contributed by atoms with Crippen molar-refractivity contribution < 1.29 is 14.3 Å². The summed E-state index contributed by atoms with van der Waals surface area (Å²) in [6.07, 6.45) is 2.80. The molecule has 0 aliphatic heterocycles. The largest absolute Gasteiger partial charge is 0.465 e. The van der Waals surface area contributed by atoms with Gasteiger partial charge in [0.2, 0.25) is 0 Å². The van der Waals surface area contributed by atoms with Crippen LogP contribution in [0.4, 0.5) is 0 Å². The zero-order valence-electron chi connectivity index (χ0n) is 16.7. The fourth-order valence-electron chi connectivity index (χ4n) is 0.849. The zero-order valence-corrected chi connectivity index (χ0v) is 32.5. The van der Waals surface area contributed by atoms with Gasteiger partial charge in [0.15, 0.2) is 0 Å². The van der Waals surface area contributed by atoms with Crippen LogP contribution in [0.25, 0.3) is 0 Å². The van der Waals surface area contributed by atoms with Crippen molar-refractivity contribution >= 4 is 183 Å². The molecule has 0 radical (unpaired) electrons. The molecule has 0 N–H and O–H groups in total. The fraction of sp³-hybridized carbons (Fsp3) is 0.833. The molecule has 31 heavy (non-hydrogen) atoms. The number of ether oxygens (including phenoxy) is 1. The Morgan fingerprint density at radius 3 is 1.94 bits per heavy atom. The van der Waals surface area contributed by atoms with Crippen LogP contribution >= 0.6 is 76.6 Å². The molecule has 0 fully saturated rings. The summed E-state index contributed by atoms with van der Waals surface area (Å²) in [4.78, 5) is 20.5. The third-order valence-electron chi connectivity index (χ3n) is 1.80. The summed E-state index contributed by atoms with van der Waals surface area (Å²) in [5, 5.41) is 0. The number of halogens is 2. The van der Waals surface area contributed by atoms with Gasteiger partial charge in [-0.3, -0.25) is 4.79 Å². The lowest BCUT2D eigenvalue weighted by Crippen LogP contribution is -2.01. The first-order chi connectivity index (χ1) is 14.8. The van der Waals surface area contributed by atoms with E-state index in [0.717, 1.165) is 17.9 Å². The smallest absolute Gasteiger partial charge is 0.302 e. The van der Waals surface area contributed by atoms with Crippen LogP contribution in [0.15, 0.2) is 0 Å². The van der Waals surface area contributed by atoms with Crippen molar-refractivity contribution in [2.24, 2.45) is 0 Å². The second kappa shape index (κ2) is 36.4. The van der Waals surface area contributed by atoms with E-state index in [4.69, 9.17) is 15.9 Å². The summed E-state index contributed by atoms with van der Waals surface area (Å²) >= 11 is 13.5. The molecule has 0 aromatic rings. The maximum atomic E-state index is 10.3. The van der Waals surface area contributed by atoms with Crippen LogP contribution in [0.1, 0.15) is 40.0 Å². The molecule has 0 saturated heterocycles. The highest BCUT2D eigenvalue weighted by molar-refractivity contribution is 14.3. The first-order valence-electron chi connectivity index (χ1n) is 8.00. The molecule has 0 aliphatic carbocycles. The van der Waals surface area contributed by atoms with Crippen LogP contribution < -0.4 is 0 Å². The van der Waals surface area contributed by atoms with Gasteiger partial charge in [-0.2, -0.15) is 12.6 Å². The van der Waals surface area contributed by atoms with Crippen molar-refractivity contribution in [1.82, 2.24) is 0 Å². The zero-order chi connectivity index (χ0) is 24.2. The van der Waals surface area contributed by atoms with Gasteiger partial charge in [0.1, 0.15) is 12.4 Å². The third-order valence-corrected chi connectivity index (χ3v) is 31.7. The van der Waals surface area contributed by atoms with Crippen molar-refractivity contribution in [3.05, 3.63) is 0 Å². The maximum Gasteiger partial charge on any atom is 0.302 e. The highest BCUT2D eigenvalue weighted by Crippen LogP contribution is 2.20. The molecule has 0 bridgehead atoms. The van der Waals surface area contributed by atoms with E-state index < -0.39 is 0 Å². The molecule has 0 saturated carbocycles. The van der Waals surface area contributed by atoms with Gasteiger partial charge in [0.05, 0.1) is 0 Å². The molecule has 0 atom stereocenters. The minimum Gasteiger partial charge on any atom is -0.465 e. The Labute approximate surface area is 256 Å². The molecule has 0 aliphatic rings. The predicted octanol–water partition coefficient (Wildman–Crippen LogP) is 5.37. The summed E-state index contributed by atoms with van der Waals surface area (Å²) in [6.45, 7) is 5.73. The van der Waals surface area contributed by atoms with Crippen LogP contribution in [-0.4, -0.2) is 35.6 Å². The van der Waals surface area contributed by atoms with Crippen LogP contribution in [0.5, 0.6) is 0 Å². The molecular weight excluding hydrogens is 895 g/mol. The Morgan fingerprint density at radius 2 is 1.52 bits per heavy atom. The molecule has 0 spiro atoms. The van der Waals surface area contributed by atoms with E-state index in [1.807, 2.05) is 37.4 Å². The van der Waals surface area contributed by atoms with Gasteiger partial charge in [0.25, 0.3) is 0 Å². The molecule has 188 valence electrons. The van der Waals surface area contributed by atoms with E-state index in [9.17, 15) is 9.59 Å². The molecule has 19 heteroatoms. The van der Waals surface area contributed by atoms with Gasteiger partial charge < -0.3 is 9.53 Å². The molecule has 0 rings (SSSR count). The van der Waals surface area contributed by atoms with Gasteiger partial charge in [0, 0.05) is 82.2 Å². The number of carbonyl (C=O) groups is 2. The van der Waals surface area contributed by atoms with E-state index in [1.165, 1.54) is 28.0 Å². The molecule has 0 heterocycles. The van der Waals surface area contributed by atoms with Crippen molar-refractivity contribution in [2.75, 3.05) is 23.9 Å². The number of Topliss-reactive ketones (excluding diaryl/α,β-unsaturated/α-hetero) is 1. The summed E-state index contributed by atoms with van der Waals surface area (Å²) in [5.41, 5.74) is 0. The van der Waals surface area contributed by atoms with E-state index in [0.29, 0.717) is 16.8 Å². The quantitative estimate of drug-likeness (QED) is 0.0840. The highest BCUT2D eigenvalue weighted by Gasteiger charge is 1.92. The topological polar surface area (TPSA) is 43.4 Å². The molecule has 3 nitrogen and oxygen atoms in total. The Balaban J connectivity index is -0.000000397. The van der Waals surface area contributed by atoms with E-state index in [2.05, 4.69) is 62.0 Å². The molecule has 0 aromatic heterocycles. The van der Waals surface area contributed by atoms with Crippen molar-refractivity contribution in [1.29, 1.82) is 0 Å². The Morgan fingerprint density at radius 1 is 0.968 bits per heavy atom. The summed E-state index contributed by atoms with van der Waals surface area (Å²) in [5.74, 6) is 2.95. The van der Waals surface area contributed by atoms with Gasteiger partial charge >= 0.3 is 5.97 Å². The fourth-order valence-corrected chi connectivity index (χ4v) is 33.6. The minimum absolute atomic E-state index is 0.189. The Hall–Kier alpha value is 4.20. The molecule has 0 amide bonds. The Kier molecular flexibility index (Phi) is 46.6. The standard InChI is InChI=1S/C7H14O2S2.C5H10OS.I2S11/c1-3-5-10-11-6-4-9-7(2)8;1-5(6)3-2-4-7;1-13(2)12-11-10-9-8-7-6-5-4-3/h3-6H2,1-2H3;7H,2-4H2,1H3;. The Bertz CT molecular complexity index is 866. The maximum absolute atomic E-state index is 10.3. The van der Waals surface area contributed by atoms with Gasteiger partial charge in [-0.25, -0.2) is 0 Å². The number of esters is 1. The average Bonchev–Trinajstić information content (AvgIpc) is 2.71. The molecule has 0 unspecified atom stereocenters. The number of carbonyl (C=O) groups excluding carboxylic acids is 2. The highest BCUT2D eigenvalue weighted by atomic mass is 127. The second-order valence-electron chi connectivity index (χ2n) is 4.31. The number of hydrogen-bond donors (Lipinski definition) is 1. The number of thiol groups is 1. The van der Waals surface area contributed by atoms with Gasteiger partial charge in [-0.05, 0) is 105 Å². The lowest BCUT2D eigenvalue weighted by atomic mass is 10.3. The summed E-state index contributed by atoms with van der Waals surface area (Å²) in [6, 6.07) is 0. The summed E-state index contributed by atoms with van der Waals surface area (Å²) < 4.78 is 5.17. The first-order valence-corrected chi connectivity index (χ1v) is 30.4. The minimum atomic E-state index is -0.189. The van der Waals surface area contributed by atoms with Crippen molar-refractivity contribution in [3.63, 3.8) is 0 Å². The average molecular weight is 919 g/mol. The normalized spacial score (nSPS) is 8.87. The molecular formula is C12H24I2O3S14. The number of hydrogen-bond acceptors (Lipinski definition) is 7. The van der Waals surface area contributed by atoms with E-state index in [1.54, 1.807) is 62.1 Å². The van der Waals surface area contributed by atoms with Crippen molar-refractivity contribution in [3.8, 4) is 0 Å². The van der Waals surface area contributed by atoms with E-state index in [-0.39, 0.29) is 11.8 Å². The lowest BCUT2D eigenvalue weighted by molar-refractivity contribution is -0.140. The third kappa shape index (κ3) is 51.7. The van der Waals surface area contributed by atoms with Gasteiger partial charge in [-0.15, -0.1) is 0 Å². The van der Waals surface area contributed by atoms with Gasteiger partial charge in [-0.1, -0.05) is 28.5 Å². The summed E-state index contributed by atoms with van der Waals surface area (Å²) in [7, 11) is 19.2. The van der Waals surface area contributed by atoms with Crippen LogP contribution in [0, 0.1) is 0 Å². The lowest BCUT2D eigenvalue weighted by Gasteiger charge is -1.99. The van der Waals surface area contributed by atoms with Crippen molar-refractivity contribution in [2.45, 2.75) is 40.0 Å². The van der Waals surface area contributed by atoms with Crippen LogP contribution in [0.3, 0.4) is 0 Å². The van der Waals surface area contributed by atoms with Crippen LogP contribution in [-0.2, 0) is 109 Å². The predicted molar refractivity (Wildman–Crippen MR) is 195 cm³/mol. The SMILES string of the molecule is CC(=O)CCCS.CCCSSCCOC(C)=O.S=S=S=S=S=S=S=S=S=S=S(I)I. The molecule has 0 aromatic carbocycles. The number of ketones is 1. The number of rotatable bonds is 9. The van der Waals surface area contributed by atoms with Crippen LogP contribution in [0.2, 0.25) is 0 Å².